The fourth-order valence-electron chi connectivity index (χ4n) is 3.09. The number of hydrogen-bond donors (Lipinski definition) is 2. The van der Waals surface area contributed by atoms with E-state index in [1.54, 1.807) is 17.0 Å². The zero-order chi connectivity index (χ0) is 17.6. The van der Waals surface area contributed by atoms with E-state index >= 15 is 0 Å². The Morgan fingerprint density at radius 1 is 1.12 bits per heavy atom. The monoisotopic (exact) mass is 366 g/mol. The predicted octanol–water partition coefficient (Wildman–Crippen LogP) is 1.92. The van der Waals surface area contributed by atoms with Gasteiger partial charge in [0.05, 0.1) is 31.1 Å². The van der Waals surface area contributed by atoms with E-state index in [1.165, 1.54) is 0 Å². The zero-order valence-corrected chi connectivity index (χ0v) is 14.8. The van der Waals surface area contributed by atoms with Gasteiger partial charge in [0.2, 0.25) is 5.91 Å². The molecule has 8 heteroatoms. The van der Waals surface area contributed by atoms with Crippen molar-refractivity contribution in [2.75, 3.05) is 56.2 Å². The van der Waals surface area contributed by atoms with Crippen molar-refractivity contribution in [3.63, 3.8) is 0 Å². The van der Waals surface area contributed by atoms with Crippen LogP contribution in [0.2, 0.25) is 5.02 Å². The molecule has 25 heavy (non-hydrogen) atoms. The summed E-state index contributed by atoms with van der Waals surface area (Å²) >= 11 is 6.08. The first-order chi connectivity index (χ1) is 12.1. The third-order valence-corrected chi connectivity index (χ3v) is 4.65. The third kappa shape index (κ3) is 4.76. The molecule has 136 valence electrons. The quantitative estimate of drug-likeness (QED) is 0.853. The van der Waals surface area contributed by atoms with Gasteiger partial charge >= 0.3 is 6.03 Å². The minimum absolute atomic E-state index is 0.000708. The summed E-state index contributed by atoms with van der Waals surface area (Å²) in [7, 11) is 0. The van der Waals surface area contributed by atoms with E-state index in [2.05, 4.69) is 15.5 Å². The number of hydrogen-bond acceptors (Lipinski definition) is 4. The molecule has 0 bridgehead atoms. The largest absolute Gasteiger partial charge is 0.378 e. The summed E-state index contributed by atoms with van der Waals surface area (Å²) in [5.74, 6) is -0.0489. The second kappa shape index (κ2) is 8.40. The lowest BCUT2D eigenvalue weighted by molar-refractivity contribution is -0.128. The van der Waals surface area contributed by atoms with Gasteiger partial charge in [0.1, 0.15) is 0 Å². The van der Waals surface area contributed by atoms with Crippen LogP contribution in [0.15, 0.2) is 18.2 Å². The molecule has 1 aromatic carbocycles. The molecule has 0 spiro atoms. The molecule has 3 rings (SSSR count). The highest BCUT2D eigenvalue weighted by molar-refractivity contribution is 6.31. The molecule has 2 aliphatic heterocycles. The maximum Gasteiger partial charge on any atom is 0.319 e. The highest BCUT2D eigenvalue weighted by Gasteiger charge is 2.19. The lowest BCUT2D eigenvalue weighted by atomic mass is 10.2. The van der Waals surface area contributed by atoms with Gasteiger partial charge in [-0.15, -0.1) is 0 Å². The van der Waals surface area contributed by atoms with Crippen LogP contribution in [0, 0.1) is 0 Å². The summed E-state index contributed by atoms with van der Waals surface area (Å²) in [5, 5.41) is 5.98. The van der Waals surface area contributed by atoms with Crippen molar-refractivity contribution in [2.24, 2.45) is 0 Å². The number of amides is 3. The fraction of sp³-hybridized carbons (Fsp3) is 0.529. The Bertz CT molecular complexity index is 628. The Morgan fingerprint density at radius 3 is 2.56 bits per heavy atom. The van der Waals surface area contributed by atoms with E-state index in [0.29, 0.717) is 23.9 Å². The van der Waals surface area contributed by atoms with E-state index in [4.69, 9.17) is 16.3 Å². The third-order valence-electron chi connectivity index (χ3n) is 4.42. The first-order valence-electron chi connectivity index (χ1n) is 8.58. The van der Waals surface area contributed by atoms with Gasteiger partial charge < -0.3 is 25.2 Å². The van der Waals surface area contributed by atoms with Gasteiger partial charge in [-0.1, -0.05) is 11.6 Å². The Kier molecular flexibility index (Phi) is 5.99. The van der Waals surface area contributed by atoms with Crippen LogP contribution >= 0.6 is 11.6 Å². The summed E-state index contributed by atoms with van der Waals surface area (Å²) < 4.78 is 5.37. The molecule has 0 atom stereocenters. The molecule has 2 aliphatic rings. The number of urea groups is 1. The minimum atomic E-state index is -0.413. The van der Waals surface area contributed by atoms with E-state index in [1.807, 2.05) is 6.07 Å². The highest BCUT2D eigenvalue weighted by Crippen LogP contribution is 2.29. The van der Waals surface area contributed by atoms with Crippen molar-refractivity contribution < 1.29 is 14.3 Å². The number of likely N-dealkylation sites (tertiary alicyclic amines) is 1. The Labute approximate surface area is 152 Å². The first kappa shape index (κ1) is 17.8. The number of halogens is 1. The van der Waals surface area contributed by atoms with Crippen LogP contribution in [0.4, 0.5) is 16.2 Å². The number of carbonyl (C=O) groups excluding carboxylic acids is 2. The second-order valence-electron chi connectivity index (χ2n) is 6.16. The number of nitrogens with zero attached hydrogens (tertiary/aromatic N) is 2. The molecule has 0 unspecified atom stereocenters. The fourth-order valence-corrected chi connectivity index (χ4v) is 3.26. The van der Waals surface area contributed by atoms with Crippen LogP contribution in [0.5, 0.6) is 0 Å². The van der Waals surface area contributed by atoms with Crippen molar-refractivity contribution >= 4 is 34.9 Å². The topological polar surface area (TPSA) is 73.9 Å². The van der Waals surface area contributed by atoms with E-state index in [0.717, 1.165) is 44.7 Å². The standard InChI is InChI=1S/C17H23ClN4O3/c18-13-3-4-15(21-7-9-25-10-8-21)14(11-13)20-17(24)19-12-16(23)22-5-1-2-6-22/h3-4,11H,1-2,5-10,12H2,(H2,19,20,24). The minimum Gasteiger partial charge on any atom is -0.378 e. The molecule has 2 N–H and O–H groups in total. The second-order valence-corrected chi connectivity index (χ2v) is 6.59. The van der Waals surface area contributed by atoms with Crippen LogP contribution in [-0.2, 0) is 9.53 Å². The summed E-state index contributed by atoms with van der Waals surface area (Å²) in [5.41, 5.74) is 1.52. The van der Waals surface area contributed by atoms with E-state index in [9.17, 15) is 9.59 Å². The van der Waals surface area contributed by atoms with Crippen LogP contribution in [0.25, 0.3) is 0 Å². The van der Waals surface area contributed by atoms with Crippen molar-refractivity contribution in [2.45, 2.75) is 12.8 Å². The molecular weight excluding hydrogens is 344 g/mol. The van der Waals surface area contributed by atoms with Gasteiger partial charge in [-0.05, 0) is 31.0 Å². The maximum atomic E-state index is 12.2. The Hall–Kier alpha value is -1.99. The normalized spacial score (nSPS) is 17.5. The number of carbonyl (C=O) groups is 2. The van der Waals surface area contributed by atoms with Crippen LogP contribution < -0.4 is 15.5 Å². The SMILES string of the molecule is O=C(NCC(=O)N1CCCC1)Nc1cc(Cl)ccc1N1CCOCC1. The zero-order valence-electron chi connectivity index (χ0n) is 14.1. The molecular formula is C17H23ClN4O3. The average Bonchev–Trinajstić information content (AvgIpc) is 3.15. The lowest BCUT2D eigenvalue weighted by Gasteiger charge is -2.30. The highest BCUT2D eigenvalue weighted by atomic mass is 35.5. The van der Waals surface area contributed by atoms with E-state index in [-0.39, 0.29) is 12.5 Å². The summed E-state index contributed by atoms with van der Waals surface area (Å²) in [6, 6.07) is 4.99. The summed E-state index contributed by atoms with van der Waals surface area (Å²) in [6.07, 6.45) is 2.06. The number of morpholine rings is 1. The Morgan fingerprint density at radius 2 is 1.84 bits per heavy atom. The lowest BCUT2D eigenvalue weighted by Crippen LogP contribution is -2.41. The molecule has 0 saturated carbocycles. The van der Waals surface area contributed by atoms with E-state index < -0.39 is 6.03 Å². The smallest absolute Gasteiger partial charge is 0.319 e. The van der Waals surface area contributed by atoms with Crippen LogP contribution in [-0.4, -0.2) is 62.8 Å². The van der Waals surface area contributed by atoms with Crippen LogP contribution in [0.1, 0.15) is 12.8 Å². The molecule has 3 amide bonds. The van der Waals surface area contributed by atoms with Crippen LogP contribution in [0.3, 0.4) is 0 Å². The number of ether oxygens (including phenoxy) is 1. The molecule has 0 radical (unpaired) electrons. The van der Waals surface area contributed by atoms with Gasteiger partial charge in [-0.25, -0.2) is 4.79 Å². The molecule has 2 heterocycles. The van der Waals surface area contributed by atoms with Gasteiger partial charge in [0.15, 0.2) is 0 Å². The average molecular weight is 367 g/mol. The molecule has 7 nitrogen and oxygen atoms in total. The van der Waals surface area contributed by atoms with Crippen molar-refractivity contribution in [3.8, 4) is 0 Å². The molecule has 0 aliphatic carbocycles. The van der Waals surface area contributed by atoms with Gasteiger partial charge in [0, 0.05) is 31.2 Å². The molecule has 0 aromatic heterocycles. The number of anilines is 2. The maximum absolute atomic E-state index is 12.2. The van der Waals surface area contributed by atoms with Crippen molar-refractivity contribution in [3.05, 3.63) is 23.2 Å². The van der Waals surface area contributed by atoms with Gasteiger partial charge in [-0.2, -0.15) is 0 Å². The number of rotatable bonds is 4. The summed E-state index contributed by atoms with van der Waals surface area (Å²) in [4.78, 5) is 28.1. The Balaban J connectivity index is 1.59. The molecule has 2 fully saturated rings. The van der Waals surface area contributed by atoms with Gasteiger partial charge in [0.25, 0.3) is 0 Å². The molecule has 1 aromatic rings. The number of benzene rings is 1. The number of nitrogens with one attached hydrogen (secondary N) is 2. The summed E-state index contributed by atoms with van der Waals surface area (Å²) in [6.45, 7) is 4.36. The predicted molar refractivity (Wildman–Crippen MR) is 97.3 cm³/mol. The molecule has 2 saturated heterocycles. The van der Waals surface area contributed by atoms with Crippen molar-refractivity contribution in [1.82, 2.24) is 10.2 Å². The van der Waals surface area contributed by atoms with Gasteiger partial charge in [-0.3, -0.25) is 4.79 Å². The first-order valence-corrected chi connectivity index (χ1v) is 8.96. The van der Waals surface area contributed by atoms with Crippen molar-refractivity contribution in [1.29, 1.82) is 0 Å².